The fraction of sp³-hybridized carbons (Fsp3) is 0.655. The van der Waals surface area contributed by atoms with Crippen molar-refractivity contribution in [1.29, 1.82) is 0 Å². The molecule has 2 unspecified atom stereocenters. The number of phosphoric acid groups is 2. The van der Waals surface area contributed by atoms with E-state index in [1.54, 1.807) is 12.2 Å². The molecule has 0 heterocycles. The van der Waals surface area contributed by atoms with Gasteiger partial charge in [-0.1, -0.05) is 88.5 Å². The van der Waals surface area contributed by atoms with Crippen LogP contribution in [0.15, 0.2) is 48.6 Å². The van der Waals surface area contributed by atoms with E-state index in [4.69, 9.17) is 27.8 Å². The van der Waals surface area contributed by atoms with Crippen molar-refractivity contribution >= 4 is 175 Å². The topological polar surface area (TPSA) is 222 Å². The normalized spacial score (nSPS) is 14.1. The minimum atomic E-state index is -4.67. The third kappa shape index (κ3) is 46.4. The van der Waals surface area contributed by atoms with Gasteiger partial charge in [-0.05, 0) is 222 Å². The Morgan fingerprint density at radius 2 is 0.810 bits per heavy atom. The molecule has 0 fully saturated rings. The molecular formula is C58H90I6N2O16P2. The van der Waals surface area contributed by atoms with Gasteiger partial charge in [0.15, 0.2) is 12.2 Å². The maximum absolute atomic E-state index is 12.7. The van der Waals surface area contributed by atoms with Crippen molar-refractivity contribution in [2.75, 3.05) is 95.0 Å². The molecule has 2 aromatic carbocycles. The van der Waals surface area contributed by atoms with Crippen LogP contribution < -0.4 is 9.79 Å². The fourth-order valence-corrected chi connectivity index (χ4v) is 17.2. The Kier molecular flexibility index (Phi) is 45.5. The summed E-state index contributed by atoms with van der Waals surface area (Å²) in [6.45, 7) is 1.53. The summed E-state index contributed by atoms with van der Waals surface area (Å²) in [5.41, 5.74) is 2.96. The highest BCUT2D eigenvalue weighted by atomic mass is 127. The lowest BCUT2D eigenvalue weighted by atomic mass is 10.0. The summed E-state index contributed by atoms with van der Waals surface area (Å²) >= 11 is 14.6. The van der Waals surface area contributed by atoms with Gasteiger partial charge >= 0.3 is 23.9 Å². The van der Waals surface area contributed by atoms with Gasteiger partial charge in [0.1, 0.15) is 39.5 Å². The van der Waals surface area contributed by atoms with Gasteiger partial charge in [-0.2, -0.15) is 0 Å². The number of carbonyl (C=O) groups is 4. The van der Waals surface area contributed by atoms with Gasteiger partial charge in [0.05, 0.1) is 68.3 Å². The number of carbonyl (C=O) groups excluding carboxylic acids is 4. The number of benzene rings is 2. The van der Waals surface area contributed by atoms with Gasteiger partial charge in [0, 0.05) is 35.3 Å². The molecule has 84 heavy (non-hydrogen) atoms. The summed E-state index contributed by atoms with van der Waals surface area (Å²) in [4.78, 5) is 70.9. The summed E-state index contributed by atoms with van der Waals surface area (Å²) in [6.07, 6.45) is 26.3. The zero-order chi connectivity index (χ0) is 63.2. The maximum Gasteiger partial charge on any atom is 0.310 e. The molecule has 0 aliphatic carbocycles. The smallest absolute Gasteiger partial charge is 0.310 e. The van der Waals surface area contributed by atoms with Gasteiger partial charge in [0.2, 0.25) is 0 Å². The van der Waals surface area contributed by atoms with E-state index in [1.165, 1.54) is 104 Å². The average Bonchev–Trinajstić information content (AvgIpc) is 3.59. The molecule has 2 rings (SSSR count). The molecule has 0 spiro atoms. The van der Waals surface area contributed by atoms with Crippen molar-refractivity contribution < 1.29 is 84.1 Å². The maximum atomic E-state index is 12.7. The molecule has 0 aliphatic heterocycles. The highest BCUT2D eigenvalue weighted by Gasteiger charge is 2.23. The molecule has 0 N–H and O–H groups in total. The van der Waals surface area contributed by atoms with Crippen molar-refractivity contribution in [2.24, 2.45) is 0 Å². The first kappa shape index (κ1) is 82.3. The quantitative estimate of drug-likeness (QED) is 0.0114. The summed E-state index contributed by atoms with van der Waals surface area (Å²) in [6, 6.07) is 9.01. The summed E-state index contributed by atoms with van der Waals surface area (Å²) in [5, 5.41) is 0. The molecule has 0 amide bonds. The van der Waals surface area contributed by atoms with E-state index in [0.717, 1.165) is 58.3 Å². The Morgan fingerprint density at radius 3 is 1.18 bits per heavy atom. The van der Waals surface area contributed by atoms with E-state index in [2.05, 4.69) is 169 Å². The van der Waals surface area contributed by atoms with Crippen LogP contribution in [0, 0.1) is 21.4 Å². The highest BCUT2D eigenvalue weighted by molar-refractivity contribution is 14.1. The third-order valence-electron chi connectivity index (χ3n) is 12.1. The van der Waals surface area contributed by atoms with E-state index in [9.17, 15) is 38.1 Å². The number of unbranched alkanes of at least 4 members (excludes halogenated alkanes) is 14. The van der Waals surface area contributed by atoms with Crippen molar-refractivity contribution in [3.63, 3.8) is 0 Å². The highest BCUT2D eigenvalue weighted by Crippen LogP contribution is 2.39. The Bertz CT molecular complexity index is 2380. The molecule has 0 radical (unpaired) electrons. The SMILES string of the molecule is CC(=O)OC[C@H](COP(=O)([O-])OCC[N+](C)(C)C)OC(C)=O.C[N+](C)(C)CCOP(=O)([O-])OC[C@@H](COC(=O)CC=CCCCCCCCCCc1c(I)cc(I)cc1I)OC(=O)CC=CCCCCCCCCCc1c(I)cc(I)cc1I. The third-order valence-corrected chi connectivity index (χ3v) is 19.1. The standard InChI is InChI=1S/C46H66I6NO8P.C12H24NO8P/c1-53(2,3)28-29-59-62(56,57)60-35-38(61-46(55)27-23-19-15-11-7-5-9-13-17-21-25-40-43(51)32-37(48)33-44(40)52)34-58-45(54)26-22-18-14-10-6-4-8-12-16-20-24-39-41(49)30-36(47)31-42(39)50;1-10(14)18-8-12(21-11(2)15)9-20-22(16,17)19-7-6-13(3,4)5/h18-19,22-23,30-33,38H,4-17,20-21,24-29,34-35H2,1-3H3;12H,6-9H2,1-5H3/t38-;12-/m11/s1. The number of rotatable bonds is 44. The van der Waals surface area contributed by atoms with Crippen LogP contribution in [0.5, 0.6) is 0 Å². The predicted octanol–water partition coefficient (Wildman–Crippen LogP) is 13.6. The molecule has 0 saturated carbocycles. The van der Waals surface area contributed by atoms with Crippen LogP contribution >= 0.6 is 151 Å². The zero-order valence-electron chi connectivity index (χ0n) is 50.2. The molecule has 480 valence electrons. The minimum absolute atomic E-state index is 0.0212. The first-order valence-corrected chi connectivity index (χ1v) is 37.8. The number of allylic oxidation sites excluding steroid dienone is 2. The Hall–Kier alpha value is 0.320. The van der Waals surface area contributed by atoms with E-state index < -0.39 is 64.9 Å². The Labute approximate surface area is 583 Å². The van der Waals surface area contributed by atoms with Crippen molar-refractivity contribution in [1.82, 2.24) is 0 Å². The predicted molar refractivity (Wildman–Crippen MR) is 376 cm³/mol. The van der Waals surface area contributed by atoms with Gasteiger partial charge in [-0.3, -0.25) is 28.3 Å². The van der Waals surface area contributed by atoms with Crippen molar-refractivity contribution in [3.8, 4) is 0 Å². The second-order valence-electron chi connectivity index (χ2n) is 22.1. The first-order valence-electron chi connectivity index (χ1n) is 28.4. The summed E-state index contributed by atoms with van der Waals surface area (Å²) in [7, 11) is 2.23. The number of esters is 4. The average molecular weight is 1890 g/mol. The van der Waals surface area contributed by atoms with Crippen LogP contribution in [0.3, 0.4) is 0 Å². The molecule has 2 aromatic rings. The molecule has 0 aromatic heterocycles. The lowest BCUT2D eigenvalue weighted by Crippen LogP contribution is -2.37. The number of hydrogen-bond acceptors (Lipinski definition) is 16. The van der Waals surface area contributed by atoms with E-state index >= 15 is 0 Å². The van der Waals surface area contributed by atoms with Gasteiger partial charge in [-0.15, -0.1) is 0 Å². The van der Waals surface area contributed by atoms with Crippen molar-refractivity contribution in [3.05, 3.63) is 81.1 Å². The van der Waals surface area contributed by atoms with Crippen LogP contribution in [0.25, 0.3) is 0 Å². The minimum Gasteiger partial charge on any atom is -0.756 e. The summed E-state index contributed by atoms with van der Waals surface area (Å²) in [5.74, 6) is -2.28. The monoisotopic (exact) mass is 1890 g/mol. The van der Waals surface area contributed by atoms with E-state index in [0.29, 0.717) is 22.1 Å². The van der Waals surface area contributed by atoms with Crippen LogP contribution in [0.2, 0.25) is 0 Å². The second-order valence-corrected chi connectivity index (χ2v) is 32.0. The number of hydrogen-bond donors (Lipinski definition) is 0. The number of likely N-dealkylation sites (N-methyl/N-ethyl adjacent to an activating group) is 2. The number of phosphoric ester groups is 2. The summed E-state index contributed by atoms with van der Waals surface area (Å²) < 4.78 is 72.8. The molecule has 4 atom stereocenters. The van der Waals surface area contributed by atoms with E-state index in [1.807, 2.05) is 54.4 Å². The van der Waals surface area contributed by atoms with Gasteiger partial charge < -0.3 is 55.8 Å². The van der Waals surface area contributed by atoms with Crippen molar-refractivity contribution in [2.45, 2.75) is 154 Å². The molecular weight excluding hydrogens is 1800 g/mol. The number of halogens is 6. The van der Waals surface area contributed by atoms with Crippen LogP contribution in [0.4, 0.5) is 0 Å². The van der Waals surface area contributed by atoms with E-state index in [-0.39, 0.29) is 39.3 Å². The zero-order valence-corrected chi connectivity index (χ0v) is 64.9. The molecule has 26 heteroatoms. The largest absolute Gasteiger partial charge is 0.756 e. The first-order chi connectivity index (χ1) is 39.4. The lowest BCUT2D eigenvalue weighted by molar-refractivity contribution is -0.870. The van der Waals surface area contributed by atoms with Crippen LogP contribution in [0.1, 0.15) is 141 Å². The van der Waals surface area contributed by atoms with Crippen LogP contribution in [-0.4, -0.2) is 140 Å². The molecule has 0 aliphatic rings. The Balaban J connectivity index is 0.00000134. The fourth-order valence-electron chi connectivity index (χ4n) is 7.54. The number of nitrogens with zero attached hydrogens (tertiary/aromatic N) is 2. The molecule has 0 bridgehead atoms. The van der Waals surface area contributed by atoms with Gasteiger partial charge in [-0.25, -0.2) is 0 Å². The van der Waals surface area contributed by atoms with Crippen LogP contribution in [-0.2, 0) is 78.2 Å². The number of quaternary nitrogens is 2. The second kappa shape index (κ2) is 46.4. The molecule has 0 saturated heterocycles. The number of ether oxygens (including phenoxy) is 4. The Morgan fingerprint density at radius 1 is 0.464 bits per heavy atom. The van der Waals surface area contributed by atoms with Gasteiger partial charge in [0.25, 0.3) is 15.6 Å². The molecule has 18 nitrogen and oxygen atoms in total. The lowest BCUT2D eigenvalue weighted by Gasteiger charge is -2.28.